The Kier molecular flexibility index (Phi) is 6.32. The Bertz CT molecular complexity index is 1050. The Hall–Kier alpha value is -3.14. The number of benzene rings is 2. The van der Waals surface area contributed by atoms with E-state index >= 15 is 0 Å². The Balaban J connectivity index is 1.61. The topological polar surface area (TPSA) is 118 Å². The number of hydrogen-bond acceptors (Lipinski definition) is 6. The number of furan rings is 1. The van der Waals surface area contributed by atoms with Crippen molar-refractivity contribution in [2.24, 2.45) is 0 Å². The number of carbonyl (C=O) groups excluding carboxylic acids is 1. The maximum atomic E-state index is 12.4. The van der Waals surface area contributed by atoms with E-state index in [-0.39, 0.29) is 11.4 Å². The summed E-state index contributed by atoms with van der Waals surface area (Å²) in [7, 11) is -2.60. The van der Waals surface area contributed by atoms with Gasteiger partial charge in [0.25, 0.3) is 0 Å². The molecule has 8 nitrogen and oxygen atoms in total. The van der Waals surface area contributed by atoms with Crippen LogP contribution in [0.25, 0.3) is 11.3 Å². The van der Waals surface area contributed by atoms with Crippen LogP contribution in [-0.2, 0) is 14.8 Å². The zero-order valence-electron chi connectivity index (χ0n) is 15.5. The molecule has 1 heterocycles. The minimum atomic E-state index is -3.83. The van der Waals surface area contributed by atoms with Crippen LogP contribution >= 0.6 is 0 Å². The van der Waals surface area contributed by atoms with Gasteiger partial charge in [-0.3, -0.25) is 5.32 Å². The van der Waals surface area contributed by atoms with Crippen LogP contribution in [0.3, 0.4) is 0 Å². The van der Waals surface area contributed by atoms with E-state index in [9.17, 15) is 18.3 Å². The molecule has 0 spiro atoms. The zero-order valence-corrected chi connectivity index (χ0v) is 16.3. The molecule has 152 valence electrons. The summed E-state index contributed by atoms with van der Waals surface area (Å²) < 4.78 is 37.0. The third-order valence-corrected chi connectivity index (χ3v) is 5.60. The molecule has 0 aliphatic carbocycles. The second-order valence-electron chi connectivity index (χ2n) is 6.11. The molecule has 1 aromatic heterocycles. The van der Waals surface area contributed by atoms with Crippen LogP contribution in [0.5, 0.6) is 0 Å². The number of hydrogen-bond donors (Lipinski definition) is 3. The molecule has 9 heteroatoms. The molecule has 1 amide bonds. The van der Waals surface area contributed by atoms with Crippen molar-refractivity contribution in [2.75, 3.05) is 19.0 Å². The lowest BCUT2D eigenvalue weighted by atomic mass is 10.1. The third kappa shape index (κ3) is 5.23. The van der Waals surface area contributed by atoms with Gasteiger partial charge in [0.1, 0.15) is 5.76 Å². The number of aliphatic hydroxyl groups excluding tert-OH is 1. The highest BCUT2D eigenvalue weighted by Crippen LogP contribution is 2.22. The lowest BCUT2D eigenvalue weighted by molar-refractivity contribution is 0.182. The fourth-order valence-corrected chi connectivity index (χ4v) is 3.63. The first kappa shape index (κ1) is 20.6. The summed E-state index contributed by atoms with van der Waals surface area (Å²) in [6.07, 6.45) is -0.0964. The van der Waals surface area contributed by atoms with Gasteiger partial charge >= 0.3 is 6.09 Å². The number of carbonyl (C=O) groups is 1. The van der Waals surface area contributed by atoms with Crippen LogP contribution in [-0.4, -0.2) is 33.3 Å². The number of amides is 1. The SMILES string of the molecule is COC(=O)Nc1ccc(S(=O)(=O)NCC(O)c2ccc(-c3ccco3)cc2)cc1. The largest absolute Gasteiger partial charge is 0.464 e. The predicted molar refractivity (Wildman–Crippen MR) is 107 cm³/mol. The molecule has 3 rings (SSSR count). The van der Waals surface area contributed by atoms with Gasteiger partial charge < -0.3 is 14.3 Å². The molecule has 29 heavy (non-hydrogen) atoms. The first-order valence-corrected chi connectivity index (χ1v) is 10.1. The first-order valence-electron chi connectivity index (χ1n) is 8.65. The fraction of sp³-hybridized carbons (Fsp3) is 0.150. The van der Waals surface area contributed by atoms with E-state index in [4.69, 9.17) is 4.42 Å². The van der Waals surface area contributed by atoms with Gasteiger partial charge in [-0.1, -0.05) is 24.3 Å². The molecule has 2 aromatic carbocycles. The van der Waals surface area contributed by atoms with E-state index in [2.05, 4.69) is 14.8 Å². The van der Waals surface area contributed by atoms with Crippen LogP contribution < -0.4 is 10.0 Å². The van der Waals surface area contributed by atoms with Crippen LogP contribution in [0.4, 0.5) is 10.5 Å². The first-order chi connectivity index (χ1) is 13.9. The molecule has 3 aromatic rings. The molecule has 0 saturated carbocycles. The lowest BCUT2D eigenvalue weighted by Crippen LogP contribution is -2.28. The molecule has 0 saturated heterocycles. The second-order valence-corrected chi connectivity index (χ2v) is 7.87. The van der Waals surface area contributed by atoms with Gasteiger partial charge in [0, 0.05) is 17.8 Å². The number of sulfonamides is 1. The van der Waals surface area contributed by atoms with Crippen molar-refractivity contribution in [2.45, 2.75) is 11.0 Å². The summed E-state index contributed by atoms with van der Waals surface area (Å²) >= 11 is 0. The normalized spacial score (nSPS) is 12.3. The summed E-state index contributed by atoms with van der Waals surface area (Å²) in [5.41, 5.74) is 1.82. The van der Waals surface area contributed by atoms with Gasteiger partial charge in [0.15, 0.2) is 0 Å². The maximum Gasteiger partial charge on any atom is 0.411 e. The molecule has 1 unspecified atom stereocenters. The van der Waals surface area contributed by atoms with Crippen molar-refractivity contribution in [1.82, 2.24) is 4.72 Å². The quantitative estimate of drug-likeness (QED) is 0.545. The Morgan fingerprint density at radius 3 is 2.38 bits per heavy atom. The standard InChI is InChI=1S/C20H20N2O6S/c1-27-20(24)22-16-8-10-17(11-9-16)29(25,26)21-13-18(23)14-4-6-15(7-5-14)19-3-2-12-28-19/h2-12,18,21,23H,13H2,1H3,(H,22,24). The van der Waals surface area contributed by atoms with Crippen LogP contribution in [0.1, 0.15) is 11.7 Å². The molecular formula is C20H20N2O6S. The molecular weight excluding hydrogens is 396 g/mol. The van der Waals surface area contributed by atoms with E-state index in [1.54, 1.807) is 36.6 Å². The fourth-order valence-electron chi connectivity index (χ4n) is 2.59. The zero-order chi connectivity index (χ0) is 20.9. The number of aliphatic hydroxyl groups is 1. The van der Waals surface area contributed by atoms with Gasteiger partial charge in [-0.25, -0.2) is 17.9 Å². The number of methoxy groups -OCH3 is 1. The molecule has 0 bridgehead atoms. The number of anilines is 1. The van der Waals surface area contributed by atoms with Crippen molar-refractivity contribution >= 4 is 21.8 Å². The Morgan fingerprint density at radius 1 is 1.10 bits per heavy atom. The van der Waals surface area contributed by atoms with E-state index in [1.165, 1.54) is 31.4 Å². The highest BCUT2D eigenvalue weighted by atomic mass is 32.2. The summed E-state index contributed by atoms with van der Waals surface area (Å²) in [4.78, 5) is 11.2. The van der Waals surface area contributed by atoms with Gasteiger partial charge in [-0.05, 0) is 42.0 Å². The van der Waals surface area contributed by atoms with E-state index in [0.717, 1.165) is 5.56 Å². The van der Waals surface area contributed by atoms with Crippen LogP contribution in [0.2, 0.25) is 0 Å². The minimum absolute atomic E-state index is 0.00767. The van der Waals surface area contributed by atoms with Crippen molar-refractivity contribution in [3.8, 4) is 11.3 Å². The van der Waals surface area contributed by atoms with Crippen molar-refractivity contribution in [1.29, 1.82) is 0 Å². The highest BCUT2D eigenvalue weighted by molar-refractivity contribution is 7.89. The molecule has 3 N–H and O–H groups in total. The summed E-state index contributed by atoms with van der Waals surface area (Å²) in [5.74, 6) is 0.705. The average molecular weight is 416 g/mol. The molecule has 0 aliphatic rings. The van der Waals surface area contributed by atoms with Crippen molar-refractivity contribution in [3.63, 3.8) is 0 Å². The smallest absolute Gasteiger partial charge is 0.411 e. The monoisotopic (exact) mass is 416 g/mol. The van der Waals surface area contributed by atoms with E-state index in [0.29, 0.717) is 17.0 Å². The number of rotatable bonds is 7. The van der Waals surface area contributed by atoms with E-state index in [1.807, 2.05) is 6.07 Å². The second kappa shape index (κ2) is 8.91. The Morgan fingerprint density at radius 2 is 1.79 bits per heavy atom. The van der Waals surface area contributed by atoms with Crippen molar-refractivity contribution < 1.29 is 27.5 Å². The minimum Gasteiger partial charge on any atom is -0.464 e. The summed E-state index contributed by atoms with van der Waals surface area (Å²) in [6, 6.07) is 16.2. The molecule has 0 radical (unpaired) electrons. The van der Waals surface area contributed by atoms with Crippen LogP contribution in [0, 0.1) is 0 Å². The van der Waals surface area contributed by atoms with Gasteiger partial charge in [0.05, 0.1) is 24.4 Å². The van der Waals surface area contributed by atoms with Gasteiger partial charge in [-0.15, -0.1) is 0 Å². The van der Waals surface area contributed by atoms with Crippen molar-refractivity contribution in [3.05, 3.63) is 72.5 Å². The summed E-state index contributed by atoms with van der Waals surface area (Å²) in [6.45, 7) is -0.190. The molecule has 0 aliphatic heterocycles. The van der Waals surface area contributed by atoms with E-state index < -0.39 is 22.2 Å². The third-order valence-electron chi connectivity index (χ3n) is 4.16. The molecule has 1 atom stereocenters. The number of nitrogens with one attached hydrogen (secondary N) is 2. The molecule has 0 fully saturated rings. The lowest BCUT2D eigenvalue weighted by Gasteiger charge is -2.13. The predicted octanol–water partition coefficient (Wildman–Crippen LogP) is 3.14. The average Bonchev–Trinajstić information content (AvgIpc) is 3.27. The van der Waals surface area contributed by atoms with Gasteiger partial charge in [0.2, 0.25) is 10.0 Å². The highest BCUT2D eigenvalue weighted by Gasteiger charge is 2.17. The Labute approximate surface area is 168 Å². The van der Waals surface area contributed by atoms with Crippen LogP contribution in [0.15, 0.2) is 76.2 Å². The van der Waals surface area contributed by atoms with Gasteiger partial charge in [-0.2, -0.15) is 0 Å². The number of ether oxygens (including phenoxy) is 1. The summed E-state index contributed by atoms with van der Waals surface area (Å²) in [5, 5.41) is 12.7. The maximum absolute atomic E-state index is 12.4.